The van der Waals surface area contributed by atoms with Gasteiger partial charge < -0.3 is 0 Å². The molecule has 0 spiro atoms. The molecule has 1 saturated carbocycles. The molecule has 0 bridgehead atoms. The minimum Gasteiger partial charge on any atom is -0.118 e. The monoisotopic (exact) mass is 166 g/mol. The van der Waals surface area contributed by atoms with Crippen molar-refractivity contribution in [3.05, 3.63) is 0 Å². The molecular weight excluding hydrogens is 155 g/mol. The minimum atomic E-state index is -0.172. The summed E-state index contributed by atoms with van der Waals surface area (Å²) in [5.74, 6) is 0. The second-order valence-corrected chi connectivity index (χ2v) is 4.92. The predicted molar refractivity (Wildman–Crippen MR) is 42.4 cm³/mol. The fraction of sp³-hybridized carbons (Fsp3) is 1.00. The number of rotatable bonds is 0. The Morgan fingerprint density at radius 2 is 1.33 bits per heavy atom. The predicted octanol–water partition coefficient (Wildman–Crippen LogP) is 3.17. The Labute approximate surface area is 66.5 Å². The maximum Gasteiger partial charge on any atom is 0.0607 e. The standard InChI is InChI=1S/C7H12Cl2/c1-6(8)4-3-5-7(6,2)9/h3-5H2,1-2H3. The van der Waals surface area contributed by atoms with Gasteiger partial charge in [0.1, 0.15) is 0 Å². The number of halogens is 2. The van der Waals surface area contributed by atoms with Gasteiger partial charge in [-0.25, -0.2) is 0 Å². The molecule has 1 aliphatic carbocycles. The Hall–Kier alpha value is 0.580. The first-order valence-electron chi connectivity index (χ1n) is 3.34. The molecule has 9 heavy (non-hydrogen) atoms. The molecule has 0 aromatic heterocycles. The Bertz CT molecular complexity index is 102. The summed E-state index contributed by atoms with van der Waals surface area (Å²) >= 11 is 12.3. The third kappa shape index (κ3) is 1.20. The Morgan fingerprint density at radius 1 is 1.00 bits per heavy atom. The molecule has 2 heteroatoms. The van der Waals surface area contributed by atoms with Crippen molar-refractivity contribution < 1.29 is 0 Å². The lowest BCUT2D eigenvalue weighted by Crippen LogP contribution is -2.34. The van der Waals surface area contributed by atoms with Gasteiger partial charge in [0.2, 0.25) is 0 Å². The van der Waals surface area contributed by atoms with E-state index in [0.717, 1.165) is 12.8 Å². The van der Waals surface area contributed by atoms with Crippen molar-refractivity contribution in [1.82, 2.24) is 0 Å². The average molecular weight is 167 g/mol. The van der Waals surface area contributed by atoms with Crippen LogP contribution >= 0.6 is 23.2 Å². The first-order chi connectivity index (χ1) is 3.96. The van der Waals surface area contributed by atoms with Crippen molar-refractivity contribution >= 4 is 23.2 Å². The van der Waals surface area contributed by atoms with E-state index in [1.165, 1.54) is 6.42 Å². The van der Waals surface area contributed by atoms with Gasteiger partial charge in [-0.2, -0.15) is 0 Å². The SMILES string of the molecule is CC1(Cl)CCCC1(C)Cl. The molecule has 2 unspecified atom stereocenters. The van der Waals surface area contributed by atoms with Crippen LogP contribution in [0, 0.1) is 0 Å². The van der Waals surface area contributed by atoms with Gasteiger partial charge in [0.05, 0.1) is 9.75 Å². The zero-order valence-corrected chi connectivity index (χ0v) is 7.39. The summed E-state index contributed by atoms with van der Waals surface area (Å²) < 4.78 is 0. The quantitative estimate of drug-likeness (QED) is 0.486. The molecule has 0 aliphatic heterocycles. The smallest absolute Gasteiger partial charge is 0.0607 e. The molecule has 0 heterocycles. The Kier molecular flexibility index (Phi) is 1.73. The highest BCUT2D eigenvalue weighted by Crippen LogP contribution is 2.47. The molecule has 1 rings (SSSR count). The van der Waals surface area contributed by atoms with Crippen LogP contribution in [-0.2, 0) is 0 Å². The summed E-state index contributed by atoms with van der Waals surface area (Å²) in [7, 11) is 0. The van der Waals surface area contributed by atoms with Crippen LogP contribution in [0.5, 0.6) is 0 Å². The second-order valence-electron chi connectivity index (χ2n) is 3.25. The van der Waals surface area contributed by atoms with E-state index in [0.29, 0.717) is 0 Å². The van der Waals surface area contributed by atoms with Gasteiger partial charge in [-0.1, -0.05) is 0 Å². The van der Waals surface area contributed by atoms with E-state index in [2.05, 4.69) is 0 Å². The van der Waals surface area contributed by atoms with Crippen molar-refractivity contribution in [1.29, 1.82) is 0 Å². The molecule has 0 aromatic carbocycles. The van der Waals surface area contributed by atoms with Gasteiger partial charge >= 0.3 is 0 Å². The summed E-state index contributed by atoms with van der Waals surface area (Å²) in [5.41, 5.74) is 0. The summed E-state index contributed by atoms with van der Waals surface area (Å²) in [6.45, 7) is 4.04. The summed E-state index contributed by atoms with van der Waals surface area (Å²) in [6, 6.07) is 0. The van der Waals surface area contributed by atoms with Gasteiger partial charge in [0.15, 0.2) is 0 Å². The summed E-state index contributed by atoms with van der Waals surface area (Å²) in [5, 5.41) is 0. The topological polar surface area (TPSA) is 0 Å². The van der Waals surface area contributed by atoms with E-state index >= 15 is 0 Å². The Morgan fingerprint density at radius 3 is 1.44 bits per heavy atom. The normalized spacial score (nSPS) is 52.0. The molecular formula is C7H12Cl2. The summed E-state index contributed by atoms with van der Waals surface area (Å²) in [6.07, 6.45) is 3.27. The second kappa shape index (κ2) is 2.03. The van der Waals surface area contributed by atoms with Crippen LogP contribution in [0.1, 0.15) is 33.1 Å². The van der Waals surface area contributed by atoms with Crippen LogP contribution in [-0.4, -0.2) is 9.75 Å². The molecule has 0 aromatic rings. The largest absolute Gasteiger partial charge is 0.118 e. The van der Waals surface area contributed by atoms with Crippen molar-refractivity contribution in [2.24, 2.45) is 0 Å². The average Bonchev–Trinajstić information content (AvgIpc) is 1.81. The maximum absolute atomic E-state index is 6.13. The molecule has 0 nitrogen and oxygen atoms in total. The Balaban J connectivity index is 2.75. The summed E-state index contributed by atoms with van der Waals surface area (Å²) in [4.78, 5) is -0.344. The van der Waals surface area contributed by atoms with Crippen molar-refractivity contribution in [3.63, 3.8) is 0 Å². The van der Waals surface area contributed by atoms with Crippen LogP contribution in [0.25, 0.3) is 0 Å². The fourth-order valence-electron chi connectivity index (χ4n) is 1.27. The van der Waals surface area contributed by atoms with E-state index in [4.69, 9.17) is 23.2 Å². The molecule has 0 N–H and O–H groups in total. The van der Waals surface area contributed by atoms with Crippen LogP contribution in [0.4, 0.5) is 0 Å². The van der Waals surface area contributed by atoms with Crippen LogP contribution in [0.15, 0.2) is 0 Å². The first kappa shape index (κ1) is 7.68. The minimum absolute atomic E-state index is 0.172. The third-order valence-corrected chi connectivity index (χ3v) is 3.69. The molecule has 1 fully saturated rings. The van der Waals surface area contributed by atoms with Gasteiger partial charge in [0.25, 0.3) is 0 Å². The van der Waals surface area contributed by atoms with E-state index in [1.54, 1.807) is 0 Å². The van der Waals surface area contributed by atoms with Crippen LogP contribution < -0.4 is 0 Å². The third-order valence-electron chi connectivity index (χ3n) is 2.38. The zero-order valence-electron chi connectivity index (χ0n) is 5.88. The molecule has 0 amide bonds. The van der Waals surface area contributed by atoms with E-state index in [1.807, 2.05) is 13.8 Å². The van der Waals surface area contributed by atoms with Gasteiger partial charge in [-0.05, 0) is 33.1 Å². The van der Waals surface area contributed by atoms with E-state index < -0.39 is 0 Å². The highest BCUT2D eigenvalue weighted by atomic mass is 35.5. The lowest BCUT2D eigenvalue weighted by molar-refractivity contribution is 0.531. The zero-order chi connectivity index (χ0) is 7.12. The molecule has 0 radical (unpaired) electrons. The van der Waals surface area contributed by atoms with Crippen LogP contribution in [0.2, 0.25) is 0 Å². The number of hydrogen-bond donors (Lipinski definition) is 0. The van der Waals surface area contributed by atoms with E-state index in [-0.39, 0.29) is 9.75 Å². The highest BCUT2D eigenvalue weighted by molar-refractivity contribution is 6.34. The molecule has 54 valence electrons. The van der Waals surface area contributed by atoms with Crippen molar-refractivity contribution in [2.75, 3.05) is 0 Å². The molecule has 2 atom stereocenters. The fourth-order valence-corrected chi connectivity index (χ4v) is 1.73. The molecule has 1 aliphatic rings. The van der Waals surface area contributed by atoms with E-state index in [9.17, 15) is 0 Å². The van der Waals surface area contributed by atoms with Crippen LogP contribution in [0.3, 0.4) is 0 Å². The lowest BCUT2D eigenvalue weighted by atomic mass is 9.99. The van der Waals surface area contributed by atoms with Crippen molar-refractivity contribution in [2.45, 2.75) is 42.9 Å². The van der Waals surface area contributed by atoms with Crippen molar-refractivity contribution in [3.8, 4) is 0 Å². The highest BCUT2D eigenvalue weighted by Gasteiger charge is 2.45. The first-order valence-corrected chi connectivity index (χ1v) is 4.09. The maximum atomic E-state index is 6.13. The van der Waals surface area contributed by atoms with Gasteiger partial charge in [-0.3, -0.25) is 0 Å². The molecule has 0 saturated heterocycles. The van der Waals surface area contributed by atoms with Gasteiger partial charge in [0, 0.05) is 0 Å². The number of hydrogen-bond acceptors (Lipinski definition) is 0. The number of alkyl halides is 2. The van der Waals surface area contributed by atoms with Gasteiger partial charge in [-0.15, -0.1) is 23.2 Å². The lowest BCUT2D eigenvalue weighted by Gasteiger charge is -2.29.